The summed E-state index contributed by atoms with van der Waals surface area (Å²) in [5.41, 5.74) is 22.7. The van der Waals surface area contributed by atoms with Crippen LogP contribution in [0.15, 0.2) is 273 Å². The fourth-order valence-corrected chi connectivity index (χ4v) is 12.2. The van der Waals surface area contributed by atoms with Gasteiger partial charge >= 0.3 is 0 Å². The third-order valence-electron chi connectivity index (χ3n) is 15.1. The minimum absolute atomic E-state index is 0.490. The molecule has 12 aromatic rings. The number of anilines is 3. The molecule has 0 saturated heterocycles. The van der Waals surface area contributed by atoms with Crippen molar-refractivity contribution in [2.24, 2.45) is 0 Å². The lowest BCUT2D eigenvalue weighted by molar-refractivity contribution is 0.794. The molecule has 14 rings (SSSR count). The van der Waals surface area contributed by atoms with Crippen molar-refractivity contribution in [2.45, 2.75) is 5.41 Å². The molecule has 70 heavy (non-hydrogen) atoms. The Bertz CT molecular complexity index is 3950. The summed E-state index contributed by atoms with van der Waals surface area (Å²) in [5, 5.41) is 5.03. The molecular weight excluding hydrogens is 843 g/mol. The van der Waals surface area contributed by atoms with Crippen LogP contribution in [0.2, 0.25) is 0 Å². The fourth-order valence-electron chi connectivity index (χ4n) is 12.2. The number of rotatable bonds is 7. The van der Waals surface area contributed by atoms with Crippen LogP contribution < -0.4 is 4.90 Å². The molecule has 1 spiro atoms. The zero-order valence-corrected chi connectivity index (χ0v) is 38.4. The van der Waals surface area contributed by atoms with Gasteiger partial charge in [0, 0.05) is 16.8 Å². The Balaban J connectivity index is 1.07. The Hall–Kier alpha value is -9.04. The second kappa shape index (κ2) is 16.0. The van der Waals surface area contributed by atoms with Gasteiger partial charge in [0.25, 0.3) is 0 Å². The van der Waals surface area contributed by atoms with Gasteiger partial charge in [-0.15, -0.1) is 0 Å². The molecule has 0 amide bonds. The second-order valence-corrected chi connectivity index (χ2v) is 18.6. The Morgan fingerprint density at radius 2 is 0.686 bits per heavy atom. The lowest BCUT2D eigenvalue weighted by Gasteiger charge is -2.33. The number of hydrogen-bond donors (Lipinski definition) is 0. The van der Waals surface area contributed by atoms with Crippen LogP contribution in [-0.2, 0) is 5.41 Å². The maximum absolute atomic E-state index is 2.56. The van der Waals surface area contributed by atoms with Crippen LogP contribution in [0.3, 0.4) is 0 Å². The largest absolute Gasteiger partial charge is 0.309 e. The van der Waals surface area contributed by atoms with Crippen molar-refractivity contribution >= 4 is 38.6 Å². The molecule has 2 aliphatic rings. The average molecular weight is 888 g/mol. The molecule has 326 valence electrons. The molecule has 0 fully saturated rings. The van der Waals surface area contributed by atoms with Crippen LogP contribution in [0.5, 0.6) is 0 Å². The van der Waals surface area contributed by atoms with E-state index in [0.29, 0.717) is 0 Å². The Labute approximate surface area is 408 Å². The number of hydrogen-bond acceptors (Lipinski definition) is 1. The van der Waals surface area contributed by atoms with Gasteiger partial charge in [-0.2, -0.15) is 0 Å². The minimum Gasteiger partial charge on any atom is -0.309 e. The Kier molecular flexibility index (Phi) is 9.19. The summed E-state index contributed by atoms with van der Waals surface area (Å²) in [6, 6.07) is 101. The zero-order valence-electron chi connectivity index (χ0n) is 38.4. The summed E-state index contributed by atoms with van der Waals surface area (Å²) in [6.07, 6.45) is 0. The van der Waals surface area contributed by atoms with E-state index in [4.69, 9.17) is 0 Å². The summed E-state index contributed by atoms with van der Waals surface area (Å²) in [7, 11) is 0. The first-order valence-corrected chi connectivity index (χ1v) is 24.3. The van der Waals surface area contributed by atoms with Gasteiger partial charge in [-0.3, -0.25) is 0 Å². The number of fused-ring (bicyclic) bond motifs is 13. The van der Waals surface area contributed by atoms with Crippen LogP contribution in [0.1, 0.15) is 22.3 Å². The highest BCUT2D eigenvalue weighted by Gasteiger charge is 2.52. The summed E-state index contributed by atoms with van der Waals surface area (Å²) in [4.78, 5) is 2.56. The van der Waals surface area contributed by atoms with E-state index in [1.807, 2.05) is 0 Å². The van der Waals surface area contributed by atoms with Gasteiger partial charge in [-0.1, -0.05) is 243 Å². The third-order valence-corrected chi connectivity index (χ3v) is 15.1. The van der Waals surface area contributed by atoms with Crippen LogP contribution >= 0.6 is 0 Å². The van der Waals surface area contributed by atoms with E-state index in [-0.39, 0.29) is 0 Å². The van der Waals surface area contributed by atoms with Crippen LogP contribution in [0.4, 0.5) is 17.1 Å². The topological polar surface area (TPSA) is 3.24 Å². The van der Waals surface area contributed by atoms with Gasteiger partial charge in [0.2, 0.25) is 0 Å². The lowest BCUT2D eigenvalue weighted by Crippen LogP contribution is -2.26. The number of nitrogens with zero attached hydrogens (tertiary/aromatic N) is 1. The highest BCUT2D eigenvalue weighted by molar-refractivity contribution is 6.14. The van der Waals surface area contributed by atoms with E-state index in [2.05, 4.69) is 278 Å². The van der Waals surface area contributed by atoms with Crippen molar-refractivity contribution in [3.8, 4) is 66.8 Å². The first-order chi connectivity index (χ1) is 34.8. The molecule has 1 nitrogen and oxygen atoms in total. The van der Waals surface area contributed by atoms with E-state index in [9.17, 15) is 0 Å². The van der Waals surface area contributed by atoms with E-state index >= 15 is 0 Å². The predicted octanol–water partition coefficient (Wildman–Crippen LogP) is 18.5. The monoisotopic (exact) mass is 887 g/mol. The zero-order chi connectivity index (χ0) is 46.2. The van der Waals surface area contributed by atoms with Crippen molar-refractivity contribution in [3.63, 3.8) is 0 Å². The van der Waals surface area contributed by atoms with Crippen molar-refractivity contribution < 1.29 is 0 Å². The standard InChI is InChI=1S/C69H45N/c1-3-21-46(22-4-1)51-26-9-12-32-58(51)67-53(47-23-5-2-6-24-47)34-19-39-65(67)70(50-43-41-48(42-44-50)60-45-49-25-7-8-27-52(49)54-28-10-11-29-55(54)60)66-40-20-38-64-68(66)59-33-15-18-37-63(59)69(64)61-35-16-13-30-56(61)57-31-14-17-36-62(57)69/h1-45H. The van der Waals surface area contributed by atoms with E-state index < -0.39 is 5.41 Å². The Morgan fingerprint density at radius 3 is 1.36 bits per heavy atom. The van der Waals surface area contributed by atoms with E-state index in [0.717, 1.165) is 17.1 Å². The summed E-state index contributed by atoms with van der Waals surface area (Å²) in [6.45, 7) is 0. The predicted molar refractivity (Wildman–Crippen MR) is 294 cm³/mol. The minimum atomic E-state index is -0.490. The van der Waals surface area contributed by atoms with Crippen molar-refractivity contribution in [1.82, 2.24) is 0 Å². The summed E-state index contributed by atoms with van der Waals surface area (Å²) < 4.78 is 0. The van der Waals surface area contributed by atoms with Gasteiger partial charge in [0.1, 0.15) is 0 Å². The smallest absolute Gasteiger partial charge is 0.0726 e. The van der Waals surface area contributed by atoms with Gasteiger partial charge in [-0.05, 0) is 130 Å². The second-order valence-electron chi connectivity index (χ2n) is 18.6. The van der Waals surface area contributed by atoms with E-state index in [1.165, 1.54) is 111 Å². The van der Waals surface area contributed by atoms with E-state index in [1.54, 1.807) is 0 Å². The maximum Gasteiger partial charge on any atom is 0.0726 e. The summed E-state index contributed by atoms with van der Waals surface area (Å²) in [5.74, 6) is 0. The highest BCUT2D eigenvalue weighted by atomic mass is 15.1. The van der Waals surface area contributed by atoms with Gasteiger partial charge in [0.05, 0.1) is 16.8 Å². The van der Waals surface area contributed by atoms with Crippen LogP contribution in [-0.4, -0.2) is 0 Å². The molecule has 0 unspecified atom stereocenters. The highest BCUT2D eigenvalue weighted by Crippen LogP contribution is 2.65. The SMILES string of the molecule is c1ccc(-c2ccccc2-c2c(-c3ccccc3)cccc2N(c2ccc(-c3cc4ccccc4c4ccccc34)cc2)c2cccc3c2-c2ccccc2C32c3ccccc3-c3ccccc32)cc1. The molecular formula is C69H45N. The maximum atomic E-state index is 2.56. The normalized spacial score (nSPS) is 12.7. The molecule has 2 aliphatic carbocycles. The van der Waals surface area contributed by atoms with Gasteiger partial charge < -0.3 is 4.90 Å². The van der Waals surface area contributed by atoms with Crippen molar-refractivity contribution in [2.75, 3.05) is 4.90 Å². The van der Waals surface area contributed by atoms with Crippen LogP contribution in [0, 0.1) is 0 Å². The van der Waals surface area contributed by atoms with Gasteiger partial charge in [0.15, 0.2) is 0 Å². The average Bonchev–Trinajstić information content (AvgIpc) is 3.91. The van der Waals surface area contributed by atoms with Crippen molar-refractivity contribution in [3.05, 3.63) is 295 Å². The van der Waals surface area contributed by atoms with Crippen LogP contribution in [0.25, 0.3) is 88.3 Å². The number of benzene rings is 12. The molecule has 0 N–H and O–H groups in total. The lowest BCUT2D eigenvalue weighted by atomic mass is 9.70. The molecule has 0 heterocycles. The molecule has 12 aromatic carbocycles. The molecule has 0 radical (unpaired) electrons. The quantitative estimate of drug-likeness (QED) is 0.144. The molecule has 1 heteroatoms. The third kappa shape index (κ3) is 5.92. The molecule has 0 aromatic heterocycles. The molecule has 0 atom stereocenters. The first kappa shape index (κ1) is 40.1. The fraction of sp³-hybridized carbons (Fsp3) is 0.0145. The first-order valence-electron chi connectivity index (χ1n) is 24.3. The molecule has 0 saturated carbocycles. The molecule has 0 bridgehead atoms. The summed E-state index contributed by atoms with van der Waals surface area (Å²) >= 11 is 0. The molecule has 0 aliphatic heterocycles. The Morgan fingerprint density at radius 1 is 0.243 bits per heavy atom. The van der Waals surface area contributed by atoms with Gasteiger partial charge in [-0.25, -0.2) is 0 Å². The van der Waals surface area contributed by atoms with Crippen molar-refractivity contribution in [1.29, 1.82) is 0 Å².